The summed E-state index contributed by atoms with van der Waals surface area (Å²) in [5.74, 6) is -1.43. The van der Waals surface area contributed by atoms with Gasteiger partial charge in [0, 0.05) is 18.3 Å². The molecule has 1 amide bonds. The van der Waals surface area contributed by atoms with E-state index < -0.39 is 20.3 Å². The van der Waals surface area contributed by atoms with E-state index in [2.05, 4.69) is 33.9 Å². The first-order chi connectivity index (χ1) is 16.3. The van der Waals surface area contributed by atoms with Crippen molar-refractivity contribution in [1.29, 1.82) is 0 Å². The van der Waals surface area contributed by atoms with Gasteiger partial charge >= 0.3 is 11.9 Å². The molecule has 7 nitrogen and oxygen atoms in total. The van der Waals surface area contributed by atoms with Crippen LogP contribution in [0.15, 0.2) is 42.5 Å². The van der Waals surface area contributed by atoms with Crippen LogP contribution in [0.25, 0.3) is 0 Å². The molecule has 2 aromatic rings. The molecule has 0 bridgehead atoms. The molecule has 0 saturated carbocycles. The van der Waals surface area contributed by atoms with Gasteiger partial charge in [-0.25, -0.2) is 9.59 Å². The van der Waals surface area contributed by atoms with E-state index in [1.165, 1.54) is 23.1 Å². The largest absolute Gasteiger partial charge is 0.462 e. The monoisotopic (exact) mass is 499 g/mol. The van der Waals surface area contributed by atoms with E-state index in [1.54, 1.807) is 33.0 Å². The summed E-state index contributed by atoms with van der Waals surface area (Å²) in [4.78, 5) is 39.3. The van der Waals surface area contributed by atoms with E-state index in [9.17, 15) is 14.4 Å². The van der Waals surface area contributed by atoms with Crippen LogP contribution in [0.3, 0.4) is 0 Å². The predicted octanol–water partition coefficient (Wildman–Crippen LogP) is 5.84. The lowest BCUT2D eigenvalue weighted by Crippen LogP contribution is -2.40. The van der Waals surface area contributed by atoms with E-state index in [0.717, 1.165) is 5.56 Å². The van der Waals surface area contributed by atoms with Crippen molar-refractivity contribution in [2.45, 2.75) is 59.4 Å². The lowest BCUT2D eigenvalue weighted by molar-refractivity contribution is 0.0524. The second-order valence-electron chi connectivity index (χ2n) is 9.82. The summed E-state index contributed by atoms with van der Waals surface area (Å²) in [5, 5.41) is 0.117. The van der Waals surface area contributed by atoms with Crippen molar-refractivity contribution in [1.82, 2.24) is 0 Å². The predicted molar refractivity (Wildman–Crippen MR) is 140 cm³/mol. The quantitative estimate of drug-likeness (QED) is 0.318. The standard InChI is InChI=1S/C27H37NO6Si/c1-9-32-25(30)21-15-22(26(31)33-10-2)17-23(16-21)28(6)24(29)20-13-11-19(12-14-20)18-34-35(7,8)27(3,4)5/h11-17H,9-10,18H2,1-8H3. The first-order valence-corrected chi connectivity index (χ1v) is 14.7. The third kappa shape index (κ3) is 7.26. The Morgan fingerprint density at radius 2 is 1.31 bits per heavy atom. The first-order valence-electron chi connectivity index (χ1n) is 11.8. The maximum absolute atomic E-state index is 13.2. The summed E-state index contributed by atoms with van der Waals surface area (Å²) in [6.45, 7) is 15.3. The highest BCUT2D eigenvalue weighted by Crippen LogP contribution is 2.37. The number of esters is 2. The number of hydrogen-bond donors (Lipinski definition) is 0. The van der Waals surface area contributed by atoms with Crippen molar-refractivity contribution in [3.63, 3.8) is 0 Å². The fourth-order valence-electron chi connectivity index (χ4n) is 3.00. The molecule has 2 aromatic carbocycles. The van der Waals surface area contributed by atoms with E-state index in [-0.39, 0.29) is 35.3 Å². The van der Waals surface area contributed by atoms with E-state index in [1.807, 2.05) is 12.1 Å². The zero-order valence-electron chi connectivity index (χ0n) is 22.1. The Labute approximate surface area is 209 Å². The molecular weight excluding hydrogens is 462 g/mol. The minimum Gasteiger partial charge on any atom is -0.462 e. The van der Waals surface area contributed by atoms with Gasteiger partial charge in [0.25, 0.3) is 5.91 Å². The van der Waals surface area contributed by atoms with Gasteiger partial charge in [0.05, 0.1) is 30.9 Å². The topological polar surface area (TPSA) is 82.1 Å². The highest BCUT2D eigenvalue weighted by Gasteiger charge is 2.37. The van der Waals surface area contributed by atoms with Crippen LogP contribution in [0.2, 0.25) is 18.1 Å². The van der Waals surface area contributed by atoms with Gasteiger partial charge in [0.2, 0.25) is 0 Å². The SMILES string of the molecule is CCOC(=O)c1cc(C(=O)OCC)cc(N(C)C(=O)c2ccc(CO[Si](C)(C)C(C)(C)C)cc2)c1. The van der Waals surface area contributed by atoms with Crippen LogP contribution >= 0.6 is 0 Å². The average molecular weight is 500 g/mol. The number of carbonyl (C=O) groups excluding carboxylic acids is 3. The van der Waals surface area contributed by atoms with Gasteiger partial charge in [0.15, 0.2) is 8.32 Å². The molecule has 0 spiro atoms. The van der Waals surface area contributed by atoms with E-state index >= 15 is 0 Å². The normalized spacial score (nSPS) is 11.7. The average Bonchev–Trinajstić information content (AvgIpc) is 2.81. The minimum absolute atomic E-state index is 0.117. The molecule has 0 fully saturated rings. The number of ether oxygens (including phenoxy) is 2. The molecule has 0 radical (unpaired) electrons. The molecule has 0 aliphatic rings. The second kappa shape index (κ2) is 11.6. The minimum atomic E-state index is -1.88. The van der Waals surface area contributed by atoms with Crippen LogP contribution in [-0.2, 0) is 20.5 Å². The number of amides is 1. The Hall–Kier alpha value is -2.97. The zero-order chi connectivity index (χ0) is 26.4. The van der Waals surface area contributed by atoms with Crippen molar-refractivity contribution in [3.05, 3.63) is 64.7 Å². The summed E-state index contributed by atoms with van der Waals surface area (Å²) in [7, 11) is -0.284. The molecule has 0 aromatic heterocycles. The summed E-state index contributed by atoms with van der Waals surface area (Å²) in [6, 6.07) is 11.7. The van der Waals surface area contributed by atoms with Crippen LogP contribution in [0, 0.1) is 0 Å². The van der Waals surface area contributed by atoms with Crippen molar-refractivity contribution >= 4 is 31.9 Å². The highest BCUT2D eigenvalue weighted by molar-refractivity contribution is 6.74. The molecule has 190 valence electrons. The summed E-state index contributed by atoms with van der Waals surface area (Å²) >= 11 is 0. The first kappa shape index (κ1) is 28.3. The summed E-state index contributed by atoms with van der Waals surface area (Å²) < 4.78 is 16.4. The van der Waals surface area contributed by atoms with Crippen molar-refractivity contribution < 1.29 is 28.3 Å². The molecule has 0 unspecified atom stereocenters. The summed E-state index contributed by atoms with van der Waals surface area (Å²) in [6.07, 6.45) is 0. The van der Waals surface area contributed by atoms with Crippen LogP contribution in [0.4, 0.5) is 5.69 Å². The van der Waals surface area contributed by atoms with Crippen LogP contribution in [0.5, 0.6) is 0 Å². The maximum Gasteiger partial charge on any atom is 0.338 e. The van der Waals surface area contributed by atoms with Crippen LogP contribution in [0.1, 0.15) is 71.3 Å². The molecule has 8 heteroatoms. The lowest BCUT2D eigenvalue weighted by atomic mass is 10.1. The number of anilines is 1. The molecular formula is C27H37NO6Si. The van der Waals surface area contributed by atoms with Gasteiger partial charge in [-0.2, -0.15) is 0 Å². The van der Waals surface area contributed by atoms with Gasteiger partial charge in [-0.05, 0) is 67.9 Å². The smallest absolute Gasteiger partial charge is 0.338 e. The van der Waals surface area contributed by atoms with Crippen LogP contribution in [-0.4, -0.2) is 46.4 Å². The number of nitrogens with zero attached hydrogens (tertiary/aromatic N) is 1. The van der Waals surface area contributed by atoms with Crippen molar-refractivity contribution in [2.75, 3.05) is 25.2 Å². The molecule has 0 N–H and O–H groups in total. The van der Waals surface area contributed by atoms with Gasteiger partial charge in [-0.3, -0.25) is 4.79 Å². The number of carbonyl (C=O) groups is 3. The Bertz CT molecular complexity index is 1020. The highest BCUT2D eigenvalue weighted by atomic mass is 28.4. The Kier molecular flexibility index (Phi) is 9.40. The molecule has 2 rings (SSSR count). The Morgan fingerprint density at radius 1 is 0.829 bits per heavy atom. The Morgan fingerprint density at radius 3 is 1.74 bits per heavy atom. The number of hydrogen-bond acceptors (Lipinski definition) is 6. The fraction of sp³-hybridized carbons (Fsp3) is 0.444. The van der Waals surface area contributed by atoms with Gasteiger partial charge in [-0.1, -0.05) is 32.9 Å². The number of rotatable bonds is 9. The fourth-order valence-corrected chi connectivity index (χ4v) is 3.96. The zero-order valence-corrected chi connectivity index (χ0v) is 23.1. The molecule has 0 atom stereocenters. The van der Waals surface area contributed by atoms with Crippen LogP contribution < -0.4 is 4.90 Å². The molecule has 35 heavy (non-hydrogen) atoms. The molecule has 0 saturated heterocycles. The third-order valence-electron chi connectivity index (χ3n) is 6.24. The van der Waals surface area contributed by atoms with Gasteiger partial charge in [-0.15, -0.1) is 0 Å². The Balaban J connectivity index is 2.26. The number of benzene rings is 2. The van der Waals surface area contributed by atoms with Crippen molar-refractivity contribution in [2.24, 2.45) is 0 Å². The maximum atomic E-state index is 13.2. The molecule has 0 heterocycles. The lowest BCUT2D eigenvalue weighted by Gasteiger charge is -2.36. The van der Waals surface area contributed by atoms with Gasteiger partial charge < -0.3 is 18.8 Å². The third-order valence-corrected chi connectivity index (χ3v) is 10.7. The molecule has 0 aliphatic carbocycles. The van der Waals surface area contributed by atoms with E-state index in [4.69, 9.17) is 13.9 Å². The summed E-state index contributed by atoms with van der Waals surface area (Å²) in [5.41, 5.74) is 2.19. The second-order valence-corrected chi connectivity index (χ2v) is 14.6. The molecule has 0 aliphatic heterocycles. The van der Waals surface area contributed by atoms with Crippen molar-refractivity contribution in [3.8, 4) is 0 Å². The van der Waals surface area contributed by atoms with Gasteiger partial charge in [0.1, 0.15) is 0 Å². The van der Waals surface area contributed by atoms with E-state index in [0.29, 0.717) is 17.9 Å².